The van der Waals surface area contributed by atoms with Gasteiger partial charge in [-0.15, -0.1) is 0 Å². The maximum atomic E-state index is 11.9. The summed E-state index contributed by atoms with van der Waals surface area (Å²) in [5.74, 6) is -0.116. The number of amides is 1. The monoisotopic (exact) mass is 292 g/mol. The fourth-order valence-electron chi connectivity index (χ4n) is 1.74. The first-order chi connectivity index (χ1) is 9.58. The van der Waals surface area contributed by atoms with Crippen molar-refractivity contribution >= 4 is 23.2 Å². The summed E-state index contributed by atoms with van der Waals surface area (Å²) in [4.78, 5) is 11.9. The van der Waals surface area contributed by atoms with Crippen molar-refractivity contribution in [3.8, 4) is 5.69 Å². The van der Waals surface area contributed by atoms with Crippen LogP contribution in [0, 0.1) is 0 Å². The zero-order valence-corrected chi connectivity index (χ0v) is 12.2. The SMILES string of the molecule is CC(C)NCC(=O)Nc1cccc(Cl)c1-n1cccn1. The van der Waals surface area contributed by atoms with Gasteiger partial charge >= 0.3 is 0 Å². The maximum Gasteiger partial charge on any atom is 0.238 e. The summed E-state index contributed by atoms with van der Waals surface area (Å²) >= 11 is 6.20. The number of para-hydroxylation sites is 1. The lowest BCUT2D eigenvalue weighted by molar-refractivity contribution is -0.115. The van der Waals surface area contributed by atoms with Crippen molar-refractivity contribution in [3.63, 3.8) is 0 Å². The summed E-state index contributed by atoms with van der Waals surface area (Å²) < 4.78 is 1.63. The zero-order valence-electron chi connectivity index (χ0n) is 11.4. The number of nitrogens with zero attached hydrogens (tertiary/aromatic N) is 2. The molecule has 106 valence electrons. The fourth-order valence-corrected chi connectivity index (χ4v) is 2.00. The second-order valence-corrected chi connectivity index (χ2v) is 5.08. The molecule has 0 spiro atoms. The molecule has 5 nitrogen and oxygen atoms in total. The molecule has 0 aliphatic carbocycles. The van der Waals surface area contributed by atoms with Gasteiger partial charge in [-0.25, -0.2) is 4.68 Å². The highest BCUT2D eigenvalue weighted by Crippen LogP contribution is 2.27. The number of rotatable bonds is 5. The second kappa shape index (κ2) is 6.54. The van der Waals surface area contributed by atoms with Crippen molar-refractivity contribution in [1.82, 2.24) is 15.1 Å². The molecule has 0 atom stereocenters. The molecule has 0 aliphatic rings. The molecule has 0 bridgehead atoms. The Morgan fingerprint density at radius 3 is 2.85 bits per heavy atom. The number of anilines is 1. The van der Waals surface area contributed by atoms with E-state index in [1.54, 1.807) is 41.3 Å². The van der Waals surface area contributed by atoms with Crippen LogP contribution in [0.3, 0.4) is 0 Å². The van der Waals surface area contributed by atoms with Crippen molar-refractivity contribution in [2.45, 2.75) is 19.9 Å². The number of aromatic nitrogens is 2. The molecule has 1 amide bonds. The van der Waals surface area contributed by atoms with Crippen molar-refractivity contribution < 1.29 is 4.79 Å². The lowest BCUT2D eigenvalue weighted by Gasteiger charge is -2.13. The molecule has 0 aliphatic heterocycles. The van der Waals surface area contributed by atoms with E-state index in [0.29, 0.717) is 16.4 Å². The number of hydrogen-bond acceptors (Lipinski definition) is 3. The molecule has 0 saturated carbocycles. The average molecular weight is 293 g/mol. The van der Waals surface area contributed by atoms with Crippen molar-refractivity contribution in [3.05, 3.63) is 41.7 Å². The van der Waals surface area contributed by atoms with Gasteiger partial charge in [0.15, 0.2) is 0 Å². The summed E-state index contributed by atoms with van der Waals surface area (Å²) in [6.07, 6.45) is 3.44. The molecule has 2 rings (SSSR count). The van der Waals surface area contributed by atoms with Gasteiger partial charge in [-0.2, -0.15) is 5.10 Å². The second-order valence-electron chi connectivity index (χ2n) is 4.67. The molecule has 0 radical (unpaired) electrons. The molecule has 0 unspecified atom stereocenters. The van der Waals surface area contributed by atoms with E-state index < -0.39 is 0 Å². The van der Waals surface area contributed by atoms with Gasteiger partial charge in [-0.1, -0.05) is 31.5 Å². The predicted octanol–water partition coefficient (Wildman–Crippen LogP) is 2.46. The third kappa shape index (κ3) is 3.59. The van der Waals surface area contributed by atoms with Crippen LogP contribution in [0.4, 0.5) is 5.69 Å². The van der Waals surface area contributed by atoms with E-state index in [1.165, 1.54) is 0 Å². The van der Waals surface area contributed by atoms with Crippen LogP contribution in [0.2, 0.25) is 5.02 Å². The fraction of sp³-hybridized carbons (Fsp3) is 0.286. The van der Waals surface area contributed by atoms with E-state index in [1.807, 2.05) is 13.8 Å². The molecule has 6 heteroatoms. The van der Waals surface area contributed by atoms with Gasteiger partial charge in [0.25, 0.3) is 0 Å². The smallest absolute Gasteiger partial charge is 0.238 e. The van der Waals surface area contributed by atoms with E-state index in [9.17, 15) is 4.79 Å². The average Bonchev–Trinajstić information content (AvgIpc) is 2.90. The number of hydrogen-bond donors (Lipinski definition) is 2. The quantitative estimate of drug-likeness (QED) is 0.890. The Labute approximate surface area is 122 Å². The predicted molar refractivity (Wildman–Crippen MR) is 80.3 cm³/mol. The number of carbonyl (C=O) groups excluding carboxylic acids is 1. The normalized spacial score (nSPS) is 10.8. The van der Waals surface area contributed by atoms with Crippen molar-refractivity contribution in [2.75, 3.05) is 11.9 Å². The minimum atomic E-state index is -0.116. The lowest BCUT2D eigenvalue weighted by Crippen LogP contribution is -2.32. The van der Waals surface area contributed by atoms with E-state index in [2.05, 4.69) is 15.7 Å². The Balaban J connectivity index is 2.20. The van der Waals surface area contributed by atoms with E-state index in [0.717, 1.165) is 0 Å². The van der Waals surface area contributed by atoms with Crippen LogP contribution in [0.5, 0.6) is 0 Å². The van der Waals surface area contributed by atoms with E-state index in [-0.39, 0.29) is 18.5 Å². The van der Waals surface area contributed by atoms with Gasteiger partial charge < -0.3 is 10.6 Å². The van der Waals surface area contributed by atoms with Gasteiger partial charge in [-0.05, 0) is 18.2 Å². The molecule has 2 N–H and O–H groups in total. The number of benzene rings is 1. The molecule has 1 aromatic heterocycles. The molecule has 2 aromatic rings. The Morgan fingerprint density at radius 1 is 1.40 bits per heavy atom. The highest BCUT2D eigenvalue weighted by atomic mass is 35.5. The minimum absolute atomic E-state index is 0.116. The van der Waals surface area contributed by atoms with Gasteiger partial charge in [0, 0.05) is 18.4 Å². The Bertz CT molecular complexity index is 581. The summed E-state index contributed by atoms with van der Waals surface area (Å²) in [5, 5.41) is 10.6. The van der Waals surface area contributed by atoms with Crippen LogP contribution in [-0.4, -0.2) is 28.3 Å². The van der Waals surface area contributed by atoms with Gasteiger partial charge in [0.1, 0.15) is 5.69 Å². The number of carbonyl (C=O) groups is 1. The van der Waals surface area contributed by atoms with E-state index >= 15 is 0 Å². The Hall–Kier alpha value is -1.85. The van der Waals surface area contributed by atoms with Crippen LogP contribution in [-0.2, 0) is 4.79 Å². The first kappa shape index (κ1) is 14.6. The van der Waals surface area contributed by atoms with Crippen molar-refractivity contribution in [1.29, 1.82) is 0 Å². The summed E-state index contributed by atoms with van der Waals surface area (Å²) in [5.41, 5.74) is 1.30. The highest BCUT2D eigenvalue weighted by Gasteiger charge is 2.12. The Morgan fingerprint density at radius 2 is 2.20 bits per heavy atom. The molecule has 1 heterocycles. The standard InChI is InChI=1S/C14H17ClN4O/c1-10(2)16-9-13(20)18-12-6-3-5-11(15)14(12)19-8-4-7-17-19/h3-8,10,16H,9H2,1-2H3,(H,18,20). The summed E-state index contributed by atoms with van der Waals surface area (Å²) in [6, 6.07) is 7.41. The van der Waals surface area contributed by atoms with Crippen molar-refractivity contribution in [2.24, 2.45) is 0 Å². The maximum absolute atomic E-state index is 11.9. The minimum Gasteiger partial charge on any atom is -0.323 e. The van der Waals surface area contributed by atoms with Crippen LogP contribution < -0.4 is 10.6 Å². The van der Waals surface area contributed by atoms with Crippen LogP contribution >= 0.6 is 11.6 Å². The largest absolute Gasteiger partial charge is 0.323 e. The zero-order chi connectivity index (χ0) is 14.5. The molecule has 20 heavy (non-hydrogen) atoms. The van der Waals surface area contributed by atoms with Crippen LogP contribution in [0.15, 0.2) is 36.7 Å². The summed E-state index contributed by atoms with van der Waals surface area (Å²) in [6.45, 7) is 4.23. The first-order valence-electron chi connectivity index (χ1n) is 6.39. The molecule has 0 fully saturated rings. The number of nitrogens with one attached hydrogen (secondary N) is 2. The molecular weight excluding hydrogens is 276 g/mol. The number of halogens is 1. The molecular formula is C14H17ClN4O. The molecule has 1 aromatic carbocycles. The first-order valence-corrected chi connectivity index (χ1v) is 6.77. The topological polar surface area (TPSA) is 59.0 Å². The third-order valence-corrected chi connectivity index (χ3v) is 2.97. The van der Waals surface area contributed by atoms with Gasteiger partial charge in [0.05, 0.1) is 17.3 Å². The van der Waals surface area contributed by atoms with Gasteiger partial charge in [0.2, 0.25) is 5.91 Å². The van der Waals surface area contributed by atoms with Crippen LogP contribution in [0.1, 0.15) is 13.8 Å². The van der Waals surface area contributed by atoms with E-state index in [4.69, 9.17) is 11.6 Å². The Kier molecular flexibility index (Phi) is 4.76. The highest BCUT2D eigenvalue weighted by molar-refractivity contribution is 6.33. The third-order valence-electron chi connectivity index (χ3n) is 2.67. The molecule has 0 saturated heterocycles. The van der Waals surface area contributed by atoms with Gasteiger partial charge in [-0.3, -0.25) is 4.79 Å². The van der Waals surface area contributed by atoms with Crippen LogP contribution in [0.25, 0.3) is 5.69 Å². The summed E-state index contributed by atoms with van der Waals surface area (Å²) in [7, 11) is 0. The lowest BCUT2D eigenvalue weighted by atomic mass is 10.2.